The van der Waals surface area contributed by atoms with Crippen molar-refractivity contribution < 1.29 is 18.0 Å². The normalized spacial score (nSPS) is 19.8. The topological polar surface area (TPSA) is 50.2 Å². The zero-order chi connectivity index (χ0) is 15.3. The molecule has 0 aliphatic carbocycles. The summed E-state index contributed by atoms with van der Waals surface area (Å²) in [6.07, 6.45) is 1.25. The number of hydrogen-bond donors (Lipinski definition) is 1. The second-order valence-electron chi connectivity index (χ2n) is 5.16. The van der Waals surface area contributed by atoms with Crippen molar-refractivity contribution in [3.05, 3.63) is 18.5 Å². The Balaban J connectivity index is 1.74. The van der Waals surface area contributed by atoms with E-state index in [2.05, 4.69) is 10.4 Å². The third-order valence-corrected chi connectivity index (χ3v) is 3.49. The van der Waals surface area contributed by atoms with Gasteiger partial charge in [0, 0.05) is 38.4 Å². The SMILES string of the molecule is O=C(CCNCC(F)(F)F)N1CCCC(n2cccn2)C1. The van der Waals surface area contributed by atoms with Crippen LogP contribution < -0.4 is 5.32 Å². The van der Waals surface area contributed by atoms with Crippen molar-refractivity contribution in [2.75, 3.05) is 26.2 Å². The van der Waals surface area contributed by atoms with Crippen LogP contribution in [0.3, 0.4) is 0 Å². The van der Waals surface area contributed by atoms with Crippen molar-refractivity contribution in [3.8, 4) is 0 Å². The first-order valence-corrected chi connectivity index (χ1v) is 7.00. The number of amides is 1. The molecule has 1 N–H and O–H groups in total. The summed E-state index contributed by atoms with van der Waals surface area (Å²) in [4.78, 5) is 13.7. The lowest BCUT2D eigenvalue weighted by Gasteiger charge is -2.33. The van der Waals surface area contributed by atoms with Crippen molar-refractivity contribution in [1.82, 2.24) is 20.0 Å². The molecule has 1 aliphatic heterocycles. The summed E-state index contributed by atoms with van der Waals surface area (Å²) >= 11 is 0. The molecule has 1 aromatic heterocycles. The standard InChI is InChI=1S/C13H19F3N4O/c14-13(15,16)10-17-6-4-12(21)19-7-1-3-11(9-19)20-8-2-5-18-20/h2,5,8,11,17H,1,3-4,6-7,9-10H2. The molecule has 118 valence electrons. The maximum Gasteiger partial charge on any atom is 0.401 e. The molecule has 5 nitrogen and oxygen atoms in total. The zero-order valence-electron chi connectivity index (χ0n) is 11.6. The van der Waals surface area contributed by atoms with Gasteiger partial charge in [-0.2, -0.15) is 18.3 Å². The van der Waals surface area contributed by atoms with Crippen LogP contribution in [0.25, 0.3) is 0 Å². The van der Waals surface area contributed by atoms with Gasteiger partial charge in [-0.1, -0.05) is 0 Å². The molecule has 1 amide bonds. The van der Waals surface area contributed by atoms with E-state index in [1.54, 1.807) is 11.1 Å². The van der Waals surface area contributed by atoms with Gasteiger partial charge in [-0.05, 0) is 18.9 Å². The van der Waals surface area contributed by atoms with Crippen molar-refractivity contribution in [3.63, 3.8) is 0 Å². The Morgan fingerprint density at radius 3 is 2.90 bits per heavy atom. The largest absolute Gasteiger partial charge is 0.401 e. The number of halogens is 3. The number of aromatic nitrogens is 2. The minimum Gasteiger partial charge on any atom is -0.341 e. The fourth-order valence-electron chi connectivity index (χ4n) is 2.48. The highest BCUT2D eigenvalue weighted by atomic mass is 19.4. The molecule has 0 aromatic carbocycles. The van der Waals surface area contributed by atoms with Crippen molar-refractivity contribution in [2.24, 2.45) is 0 Å². The van der Waals surface area contributed by atoms with E-state index >= 15 is 0 Å². The number of carbonyl (C=O) groups excluding carboxylic acids is 1. The van der Waals surface area contributed by atoms with Gasteiger partial charge >= 0.3 is 6.18 Å². The molecule has 0 saturated carbocycles. The minimum absolute atomic E-state index is 0.0429. The number of nitrogens with one attached hydrogen (secondary N) is 1. The number of hydrogen-bond acceptors (Lipinski definition) is 3. The molecule has 1 aromatic rings. The summed E-state index contributed by atoms with van der Waals surface area (Å²) in [5, 5.41) is 6.42. The van der Waals surface area contributed by atoms with Crippen molar-refractivity contribution in [1.29, 1.82) is 0 Å². The van der Waals surface area contributed by atoms with Gasteiger partial charge in [0.2, 0.25) is 5.91 Å². The molecule has 21 heavy (non-hydrogen) atoms. The van der Waals surface area contributed by atoms with E-state index in [0.29, 0.717) is 13.1 Å². The van der Waals surface area contributed by atoms with E-state index in [1.807, 2.05) is 16.9 Å². The fraction of sp³-hybridized carbons (Fsp3) is 0.692. The second-order valence-corrected chi connectivity index (χ2v) is 5.16. The Labute approximate surface area is 121 Å². The summed E-state index contributed by atoms with van der Waals surface area (Å²) in [5.74, 6) is -0.110. The van der Waals surface area contributed by atoms with Gasteiger partial charge in [0.05, 0.1) is 12.6 Å². The lowest BCUT2D eigenvalue weighted by atomic mass is 10.1. The Bertz CT molecular complexity index is 447. The van der Waals surface area contributed by atoms with Gasteiger partial charge in [0.15, 0.2) is 0 Å². The maximum absolute atomic E-state index is 12.0. The first-order chi connectivity index (χ1) is 9.96. The highest BCUT2D eigenvalue weighted by Crippen LogP contribution is 2.21. The van der Waals surface area contributed by atoms with E-state index in [0.717, 1.165) is 12.8 Å². The van der Waals surface area contributed by atoms with E-state index in [-0.39, 0.29) is 24.9 Å². The monoisotopic (exact) mass is 304 g/mol. The lowest BCUT2D eigenvalue weighted by Crippen LogP contribution is -2.42. The molecule has 2 rings (SSSR count). The third-order valence-electron chi connectivity index (χ3n) is 3.49. The number of alkyl halides is 3. The summed E-state index contributed by atoms with van der Waals surface area (Å²) in [6, 6.07) is 1.99. The van der Waals surface area contributed by atoms with Crippen LogP contribution in [0.2, 0.25) is 0 Å². The van der Waals surface area contributed by atoms with Crippen LogP contribution in [0.5, 0.6) is 0 Å². The van der Waals surface area contributed by atoms with Crippen molar-refractivity contribution >= 4 is 5.91 Å². The molecule has 0 radical (unpaired) electrons. The lowest BCUT2D eigenvalue weighted by molar-refractivity contribution is -0.134. The fourth-order valence-corrected chi connectivity index (χ4v) is 2.48. The molecule has 1 unspecified atom stereocenters. The van der Waals surface area contributed by atoms with Gasteiger partial charge in [-0.25, -0.2) is 0 Å². The first kappa shape index (κ1) is 15.8. The maximum atomic E-state index is 12.0. The molecule has 8 heteroatoms. The average molecular weight is 304 g/mol. The molecule has 1 atom stereocenters. The molecular weight excluding hydrogens is 285 g/mol. The van der Waals surface area contributed by atoms with Crippen LogP contribution in [-0.2, 0) is 4.79 Å². The van der Waals surface area contributed by atoms with Crippen LogP contribution in [0.4, 0.5) is 13.2 Å². The number of piperidine rings is 1. The van der Waals surface area contributed by atoms with E-state index in [4.69, 9.17) is 0 Å². The number of likely N-dealkylation sites (tertiary alicyclic amines) is 1. The Kier molecular flexibility index (Phi) is 5.22. The highest BCUT2D eigenvalue weighted by Gasteiger charge is 2.27. The van der Waals surface area contributed by atoms with E-state index in [9.17, 15) is 18.0 Å². The number of nitrogens with zero attached hydrogens (tertiary/aromatic N) is 3. The molecule has 1 saturated heterocycles. The van der Waals surface area contributed by atoms with Crippen LogP contribution in [-0.4, -0.2) is 52.9 Å². The van der Waals surface area contributed by atoms with Crippen LogP contribution in [0.15, 0.2) is 18.5 Å². The molecule has 1 fully saturated rings. The quantitative estimate of drug-likeness (QED) is 0.841. The predicted octanol–water partition coefficient (Wildman–Crippen LogP) is 1.59. The summed E-state index contributed by atoms with van der Waals surface area (Å²) in [6.45, 7) is 0.215. The van der Waals surface area contributed by atoms with Gasteiger partial charge in [0.25, 0.3) is 0 Å². The highest BCUT2D eigenvalue weighted by molar-refractivity contribution is 5.76. The predicted molar refractivity (Wildman–Crippen MR) is 70.6 cm³/mol. The second kappa shape index (κ2) is 6.93. The molecule has 0 bridgehead atoms. The third kappa shape index (κ3) is 5.04. The smallest absolute Gasteiger partial charge is 0.341 e. The van der Waals surface area contributed by atoms with Crippen LogP contribution in [0, 0.1) is 0 Å². The molecule has 2 heterocycles. The summed E-state index contributed by atoms with van der Waals surface area (Å²) in [7, 11) is 0. The summed E-state index contributed by atoms with van der Waals surface area (Å²) in [5.41, 5.74) is 0. The van der Waals surface area contributed by atoms with Gasteiger partial charge in [-0.3, -0.25) is 9.48 Å². The summed E-state index contributed by atoms with van der Waals surface area (Å²) < 4.78 is 37.8. The Morgan fingerprint density at radius 2 is 2.24 bits per heavy atom. The number of rotatable bonds is 5. The van der Waals surface area contributed by atoms with Gasteiger partial charge < -0.3 is 10.2 Å². The Hall–Kier alpha value is -1.57. The zero-order valence-corrected chi connectivity index (χ0v) is 11.6. The van der Waals surface area contributed by atoms with Gasteiger partial charge in [0.1, 0.15) is 0 Å². The average Bonchev–Trinajstić information content (AvgIpc) is 2.96. The van der Waals surface area contributed by atoms with Crippen LogP contribution in [0.1, 0.15) is 25.3 Å². The molecule has 0 spiro atoms. The van der Waals surface area contributed by atoms with Gasteiger partial charge in [-0.15, -0.1) is 0 Å². The van der Waals surface area contributed by atoms with Crippen LogP contribution >= 0.6 is 0 Å². The number of carbonyl (C=O) groups is 1. The van der Waals surface area contributed by atoms with E-state index in [1.165, 1.54) is 0 Å². The molecular formula is C13H19F3N4O. The Morgan fingerprint density at radius 1 is 1.43 bits per heavy atom. The first-order valence-electron chi connectivity index (χ1n) is 7.00. The van der Waals surface area contributed by atoms with Crippen molar-refractivity contribution in [2.45, 2.75) is 31.5 Å². The van der Waals surface area contributed by atoms with E-state index < -0.39 is 12.7 Å². The minimum atomic E-state index is -4.24. The molecule has 1 aliphatic rings.